The quantitative estimate of drug-likeness (QED) is 0.671. The highest BCUT2D eigenvalue weighted by atomic mass is 16.5. The molecule has 0 radical (unpaired) electrons. The lowest BCUT2D eigenvalue weighted by atomic mass is 9.99. The van der Waals surface area contributed by atoms with E-state index in [0.29, 0.717) is 13.2 Å². The molecule has 0 fully saturated rings. The van der Waals surface area contributed by atoms with Crippen LogP contribution in [0.15, 0.2) is 0 Å². The Morgan fingerprint density at radius 3 is 2.32 bits per heavy atom. The second-order valence-corrected chi connectivity index (χ2v) is 4.95. The minimum Gasteiger partial charge on any atom is -0.383 e. The summed E-state index contributed by atoms with van der Waals surface area (Å²) in [6.07, 6.45) is 0.826. The summed E-state index contributed by atoms with van der Waals surface area (Å²) in [6.45, 7) is 4.73. The van der Waals surface area contributed by atoms with Crippen molar-refractivity contribution < 1.29 is 14.3 Å². The van der Waals surface area contributed by atoms with Gasteiger partial charge in [0.05, 0.1) is 19.2 Å². The summed E-state index contributed by atoms with van der Waals surface area (Å²) >= 11 is 0. The minimum atomic E-state index is -0.572. The smallest absolute Gasteiger partial charge is 0.241 e. The number of nitrogens with two attached hydrogens (primary N) is 1. The molecule has 0 rings (SSSR count). The van der Waals surface area contributed by atoms with Gasteiger partial charge in [0.15, 0.2) is 0 Å². The van der Waals surface area contributed by atoms with E-state index in [1.807, 2.05) is 13.8 Å². The van der Waals surface area contributed by atoms with Crippen LogP contribution in [0.5, 0.6) is 0 Å². The number of hydrogen-bond acceptors (Lipinski definition) is 4. The molecule has 19 heavy (non-hydrogen) atoms. The van der Waals surface area contributed by atoms with E-state index in [4.69, 9.17) is 10.5 Å². The number of likely N-dealkylation sites (N-methyl/N-ethyl adjacent to an activating group) is 1. The normalized spacial score (nSPS) is 13.8. The molecule has 0 aromatic rings. The van der Waals surface area contributed by atoms with Gasteiger partial charge in [0.2, 0.25) is 11.8 Å². The van der Waals surface area contributed by atoms with Gasteiger partial charge in [0.25, 0.3) is 0 Å². The molecule has 0 aliphatic rings. The lowest BCUT2D eigenvalue weighted by Crippen LogP contribution is -2.50. The summed E-state index contributed by atoms with van der Waals surface area (Å²) in [5.41, 5.74) is 5.94. The minimum absolute atomic E-state index is 0.0410. The number of carbonyl (C=O) groups excluding carboxylic acids is 2. The van der Waals surface area contributed by atoms with Crippen molar-refractivity contribution in [2.75, 3.05) is 40.9 Å². The van der Waals surface area contributed by atoms with Crippen molar-refractivity contribution in [1.82, 2.24) is 9.80 Å². The Kier molecular flexibility index (Phi) is 8.34. The van der Waals surface area contributed by atoms with Gasteiger partial charge in [0, 0.05) is 27.7 Å². The lowest BCUT2D eigenvalue weighted by Gasteiger charge is -2.28. The summed E-state index contributed by atoms with van der Waals surface area (Å²) < 4.78 is 4.97. The number of hydrogen-bond donors (Lipinski definition) is 1. The molecule has 0 saturated heterocycles. The second kappa shape index (κ2) is 8.87. The van der Waals surface area contributed by atoms with Crippen molar-refractivity contribution in [3.05, 3.63) is 0 Å². The molecule has 6 nitrogen and oxygen atoms in total. The molecule has 2 N–H and O–H groups in total. The topological polar surface area (TPSA) is 75.9 Å². The van der Waals surface area contributed by atoms with E-state index in [2.05, 4.69) is 0 Å². The molecule has 0 aliphatic heterocycles. The van der Waals surface area contributed by atoms with Gasteiger partial charge >= 0.3 is 0 Å². The zero-order valence-corrected chi connectivity index (χ0v) is 12.7. The number of carbonyl (C=O) groups is 2. The van der Waals surface area contributed by atoms with Crippen LogP contribution in [0.25, 0.3) is 0 Å². The Morgan fingerprint density at radius 1 is 1.32 bits per heavy atom. The van der Waals surface area contributed by atoms with Crippen molar-refractivity contribution in [2.24, 2.45) is 11.7 Å². The molecule has 2 amide bonds. The summed E-state index contributed by atoms with van der Waals surface area (Å²) in [6, 6.07) is -0.572. The van der Waals surface area contributed by atoms with Gasteiger partial charge in [-0.2, -0.15) is 0 Å². The van der Waals surface area contributed by atoms with E-state index < -0.39 is 6.04 Å². The van der Waals surface area contributed by atoms with Gasteiger partial charge in [-0.3, -0.25) is 9.59 Å². The van der Waals surface area contributed by atoms with Crippen molar-refractivity contribution in [3.63, 3.8) is 0 Å². The van der Waals surface area contributed by atoms with E-state index in [9.17, 15) is 9.59 Å². The van der Waals surface area contributed by atoms with Crippen LogP contribution in [0.4, 0.5) is 0 Å². The van der Waals surface area contributed by atoms with E-state index >= 15 is 0 Å². The zero-order valence-electron chi connectivity index (χ0n) is 12.7. The average molecular weight is 273 g/mol. The van der Waals surface area contributed by atoms with Crippen LogP contribution in [0, 0.1) is 5.92 Å². The zero-order chi connectivity index (χ0) is 15.0. The van der Waals surface area contributed by atoms with E-state index in [0.717, 1.165) is 6.42 Å². The Hall–Kier alpha value is -1.14. The molecule has 6 heteroatoms. The fourth-order valence-corrected chi connectivity index (χ4v) is 1.48. The van der Waals surface area contributed by atoms with Crippen molar-refractivity contribution in [2.45, 2.75) is 26.3 Å². The number of methoxy groups -OCH3 is 1. The Morgan fingerprint density at radius 2 is 1.89 bits per heavy atom. The molecule has 0 heterocycles. The highest BCUT2D eigenvalue weighted by Gasteiger charge is 2.26. The highest BCUT2D eigenvalue weighted by Crippen LogP contribution is 2.08. The first-order valence-corrected chi connectivity index (χ1v) is 6.58. The van der Waals surface area contributed by atoms with Gasteiger partial charge in [-0.15, -0.1) is 0 Å². The summed E-state index contributed by atoms with van der Waals surface area (Å²) in [7, 11) is 4.89. The van der Waals surface area contributed by atoms with Gasteiger partial charge in [0.1, 0.15) is 0 Å². The van der Waals surface area contributed by atoms with Crippen molar-refractivity contribution >= 4 is 11.8 Å². The van der Waals surface area contributed by atoms with Crippen LogP contribution >= 0.6 is 0 Å². The highest BCUT2D eigenvalue weighted by molar-refractivity contribution is 5.87. The molecule has 0 spiro atoms. The number of amides is 2. The molecule has 0 aromatic carbocycles. The molecular weight excluding hydrogens is 246 g/mol. The first kappa shape index (κ1) is 17.9. The van der Waals surface area contributed by atoms with Gasteiger partial charge in [-0.25, -0.2) is 0 Å². The molecule has 0 bridgehead atoms. The Labute approximate surface area is 115 Å². The predicted octanol–water partition coefficient (Wildman–Crippen LogP) is -0.0770. The van der Waals surface area contributed by atoms with Crippen LogP contribution in [0.2, 0.25) is 0 Å². The summed E-state index contributed by atoms with van der Waals surface area (Å²) in [5, 5.41) is 0. The van der Waals surface area contributed by atoms with Crippen LogP contribution in [0.1, 0.15) is 20.3 Å². The van der Waals surface area contributed by atoms with Crippen LogP contribution < -0.4 is 5.73 Å². The Bertz CT molecular complexity index is 295. The number of ether oxygens (including phenoxy) is 1. The molecule has 2 unspecified atom stereocenters. The molecule has 112 valence electrons. The van der Waals surface area contributed by atoms with E-state index in [1.165, 1.54) is 9.80 Å². The molecule has 2 atom stereocenters. The molecular formula is C13H27N3O3. The fourth-order valence-electron chi connectivity index (χ4n) is 1.48. The van der Waals surface area contributed by atoms with Crippen LogP contribution in [0.3, 0.4) is 0 Å². The van der Waals surface area contributed by atoms with Gasteiger partial charge in [-0.05, 0) is 5.92 Å². The third-order valence-electron chi connectivity index (χ3n) is 3.24. The third kappa shape index (κ3) is 6.02. The number of nitrogens with zero attached hydrogens (tertiary/aromatic N) is 2. The Balaban J connectivity index is 4.73. The maximum Gasteiger partial charge on any atom is 0.241 e. The maximum absolute atomic E-state index is 12.3. The van der Waals surface area contributed by atoms with Crippen molar-refractivity contribution in [1.29, 1.82) is 0 Å². The standard InChI is InChI=1S/C13H27N3O3/c1-6-10(2)12(14)13(18)16(7-8-19-5)9-11(17)15(3)4/h10,12H,6-9,14H2,1-5H3. The molecule has 0 aliphatic carbocycles. The second-order valence-electron chi connectivity index (χ2n) is 4.95. The van der Waals surface area contributed by atoms with Crippen molar-refractivity contribution in [3.8, 4) is 0 Å². The summed E-state index contributed by atoms with van der Waals surface area (Å²) in [4.78, 5) is 27.0. The third-order valence-corrected chi connectivity index (χ3v) is 3.24. The maximum atomic E-state index is 12.3. The monoisotopic (exact) mass is 273 g/mol. The summed E-state index contributed by atoms with van der Waals surface area (Å²) in [5.74, 6) is -0.227. The van der Waals surface area contributed by atoms with Crippen LogP contribution in [-0.4, -0.2) is 68.6 Å². The molecule has 0 saturated carbocycles. The number of rotatable bonds is 8. The van der Waals surface area contributed by atoms with Crippen LogP contribution in [-0.2, 0) is 14.3 Å². The molecule has 0 aromatic heterocycles. The predicted molar refractivity (Wildman–Crippen MR) is 74.6 cm³/mol. The largest absolute Gasteiger partial charge is 0.383 e. The first-order chi connectivity index (χ1) is 8.84. The average Bonchev–Trinajstić information content (AvgIpc) is 2.40. The SMILES string of the molecule is CCC(C)C(N)C(=O)N(CCOC)CC(=O)N(C)C. The van der Waals surface area contributed by atoms with E-state index in [-0.39, 0.29) is 24.3 Å². The van der Waals surface area contributed by atoms with Gasteiger partial charge < -0.3 is 20.3 Å². The first-order valence-electron chi connectivity index (χ1n) is 6.58. The van der Waals surface area contributed by atoms with E-state index in [1.54, 1.807) is 21.2 Å². The van der Waals surface area contributed by atoms with Gasteiger partial charge in [-0.1, -0.05) is 20.3 Å². The lowest BCUT2D eigenvalue weighted by molar-refractivity contribution is -0.141. The fraction of sp³-hybridized carbons (Fsp3) is 0.846.